The Morgan fingerprint density at radius 1 is 1.60 bits per heavy atom. The first-order valence-electron chi connectivity index (χ1n) is 5.94. The molecule has 8 nitrogen and oxygen atoms in total. The third kappa shape index (κ3) is 5.14. The van der Waals surface area contributed by atoms with Crippen molar-refractivity contribution in [2.75, 3.05) is 6.54 Å². The Hall–Kier alpha value is -1.67. The van der Waals surface area contributed by atoms with Crippen LogP contribution in [-0.4, -0.2) is 32.5 Å². The second kappa shape index (κ2) is 7.20. The summed E-state index contributed by atoms with van der Waals surface area (Å²) in [5.74, 6) is 0.156. The lowest BCUT2D eigenvalue weighted by Gasteiger charge is -2.24. The van der Waals surface area contributed by atoms with Gasteiger partial charge in [0, 0.05) is 32.0 Å². The van der Waals surface area contributed by atoms with Gasteiger partial charge < -0.3 is 25.7 Å². The molecule has 1 aromatic heterocycles. The van der Waals surface area contributed by atoms with E-state index in [1.165, 1.54) is 6.20 Å². The van der Waals surface area contributed by atoms with Crippen molar-refractivity contribution in [2.24, 2.45) is 5.73 Å². The summed E-state index contributed by atoms with van der Waals surface area (Å²) in [4.78, 5) is 25.5. The van der Waals surface area contributed by atoms with Gasteiger partial charge in [-0.1, -0.05) is 0 Å². The molecule has 0 aromatic carbocycles. The Morgan fingerprint density at radius 3 is 2.65 bits per heavy atom. The van der Waals surface area contributed by atoms with E-state index in [9.17, 15) is 14.9 Å². The van der Waals surface area contributed by atoms with E-state index in [1.54, 1.807) is 11.5 Å². The van der Waals surface area contributed by atoms with Crippen molar-refractivity contribution < 1.29 is 9.72 Å². The number of nitrogens with one attached hydrogen (secondary N) is 1. The number of halogens is 1. The van der Waals surface area contributed by atoms with Crippen LogP contribution < -0.4 is 11.1 Å². The third-order valence-corrected chi connectivity index (χ3v) is 2.72. The molecule has 20 heavy (non-hydrogen) atoms. The molecule has 0 saturated heterocycles. The molecule has 1 amide bonds. The first-order valence-corrected chi connectivity index (χ1v) is 5.94. The lowest BCUT2D eigenvalue weighted by molar-refractivity contribution is -0.389. The van der Waals surface area contributed by atoms with E-state index in [1.807, 2.05) is 13.8 Å². The highest BCUT2D eigenvalue weighted by molar-refractivity contribution is 5.85. The molecule has 0 aliphatic heterocycles. The highest BCUT2D eigenvalue weighted by Crippen LogP contribution is 2.11. The minimum Gasteiger partial charge on any atom is -0.358 e. The zero-order valence-corrected chi connectivity index (χ0v) is 12.6. The number of hydrogen-bond acceptors (Lipinski definition) is 5. The van der Waals surface area contributed by atoms with Crippen LogP contribution in [0.4, 0.5) is 5.82 Å². The number of carbonyl (C=O) groups is 1. The van der Waals surface area contributed by atoms with Gasteiger partial charge in [0.25, 0.3) is 0 Å². The van der Waals surface area contributed by atoms with Crippen LogP contribution in [0, 0.1) is 17.0 Å². The quantitative estimate of drug-likeness (QED) is 0.594. The Bertz CT molecular complexity index is 486. The Labute approximate surface area is 123 Å². The van der Waals surface area contributed by atoms with Crippen molar-refractivity contribution in [2.45, 2.75) is 39.3 Å². The van der Waals surface area contributed by atoms with E-state index in [0.29, 0.717) is 18.9 Å². The van der Waals surface area contributed by atoms with Gasteiger partial charge in [-0.25, -0.2) is 0 Å². The largest absolute Gasteiger partial charge is 0.381 e. The summed E-state index contributed by atoms with van der Waals surface area (Å²) in [6, 6.07) is 0. The summed E-state index contributed by atoms with van der Waals surface area (Å²) >= 11 is 0. The van der Waals surface area contributed by atoms with Crippen molar-refractivity contribution in [3.63, 3.8) is 0 Å². The standard InChI is InChI=1S/C11H19N5O3.ClH/c1-8-13-9(16(18)19)6-15(8)5-4-10(17)14-11(2,3)7-12;/h6H,4-5,7,12H2,1-3H3,(H,14,17);1H. The molecule has 3 N–H and O–H groups in total. The topological polar surface area (TPSA) is 116 Å². The van der Waals surface area contributed by atoms with Gasteiger partial charge in [0.05, 0.1) is 0 Å². The summed E-state index contributed by atoms with van der Waals surface area (Å²) in [7, 11) is 0. The first kappa shape index (κ1) is 18.3. The predicted octanol–water partition coefficient (Wildman–Crippen LogP) is 0.765. The van der Waals surface area contributed by atoms with Crippen LogP contribution in [0.3, 0.4) is 0 Å². The number of aryl methyl sites for hydroxylation is 2. The third-order valence-electron chi connectivity index (χ3n) is 2.72. The van der Waals surface area contributed by atoms with Crippen molar-refractivity contribution in [1.29, 1.82) is 0 Å². The maximum absolute atomic E-state index is 11.7. The number of carbonyl (C=O) groups excluding carboxylic acids is 1. The molecule has 9 heteroatoms. The second-order valence-electron chi connectivity index (χ2n) is 4.98. The lowest BCUT2D eigenvalue weighted by Crippen LogP contribution is -2.49. The van der Waals surface area contributed by atoms with E-state index in [-0.39, 0.29) is 30.6 Å². The number of amides is 1. The van der Waals surface area contributed by atoms with Gasteiger partial charge in [0.2, 0.25) is 11.7 Å². The molecule has 0 fully saturated rings. The zero-order valence-electron chi connectivity index (χ0n) is 11.8. The van der Waals surface area contributed by atoms with E-state index in [2.05, 4.69) is 10.3 Å². The molecule has 0 saturated carbocycles. The molecule has 0 aliphatic rings. The summed E-state index contributed by atoms with van der Waals surface area (Å²) < 4.78 is 1.59. The van der Waals surface area contributed by atoms with Crippen LogP contribution in [0.15, 0.2) is 6.20 Å². The molecule has 1 rings (SSSR count). The first-order chi connectivity index (χ1) is 8.75. The average molecular weight is 306 g/mol. The van der Waals surface area contributed by atoms with Crippen molar-refractivity contribution in [3.05, 3.63) is 22.1 Å². The Morgan fingerprint density at radius 2 is 2.20 bits per heavy atom. The molecular weight excluding hydrogens is 286 g/mol. The van der Waals surface area contributed by atoms with Gasteiger partial charge in [-0.15, -0.1) is 12.4 Å². The molecular formula is C11H20ClN5O3. The fourth-order valence-corrected chi connectivity index (χ4v) is 1.52. The van der Waals surface area contributed by atoms with Crippen LogP contribution in [0.5, 0.6) is 0 Å². The molecule has 0 bridgehead atoms. The zero-order chi connectivity index (χ0) is 14.6. The van der Waals surface area contributed by atoms with E-state index in [0.717, 1.165) is 0 Å². The molecule has 1 heterocycles. The normalized spacial score (nSPS) is 10.8. The molecule has 0 aliphatic carbocycles. The second-order valence-corrected chi connectivity index (χ2v) is 4.98. The van der Waals surface area contributed by atoms with Crippen molar-refractivity contribution >= 4 is 24.1 Å². The van der Waals surface area contributed by atoms with Gasteiger partial charge in [-0.3, -0.25) is 4.79 Å². The number of aromatic nitrogens is 2. The van der Waals surface area contributed by atoms with Gasteiger partial charge in [0.15, 0.2) is 0 Å². The predicted molar refractivity (Wildman–Crippen MR) is 76.8 cm³/mol. The molecule has 114 valence electrons. The Balaban J connectivity index is 0.00000361. The fraction of sp³-hybridized carbons (Fsp3) is 0.636. The maximum atomic E-state index is 11.7. The summed E-state index contributed by atoms with van der Waals surface area (Å²) in [6.07, 6.45) is 1.55. The van der Waals surface area contributed by atoms with Crippen molar-refractivity contribution in [3.8, 4) is 0 Å². The van der Waals surface area contributed by atoms with Crippen LogP contribution in [0.2, 0.25) is 0 Å². The number of nitrogens with zero attached hydrogens (tertiary/aromatic N) is 3. The number of imidazole rings is 1. The molecule has 0 radical (unpaired) electrons. The van der Waals surface area contributed by atoms with Gasteiger partial charge in [0.1, 0.15) is 6.20 Å². The van der Waals surface area contributed by atoms with Gasteiger partial charge in [-0.2, -0.15) is 0 Å². The lowest BCUT2D eigenvalue weighted by atomic mass is 10.1. The smallest absolute Gasteiger partial charge is 0.358 e. The number of nitrogens with two attached hydrogens (primary N) is 1. The molecule has 0 unspecified atom stereocenters. The Kier molecular flexibility index (Phi) is 6.60. The van der Waals surface area contributed by atoms with E-state index >= 15 is 0 Å². The maximum Gasteiger partial charge on any atom is 0.381 e. The number of nitro groups is 1. The SMILES string of the molecule is Cc1nc([N+](=O)[O-])cn1CCC(=O)NC(C)(C)CN.Cl. The van der Waals surface area contributed by atoms with Crippen LogP contribution in [-0.2, 0) is 11.3 Å². The minimum atomic E-state index is -0.554. The minimum absolute atomic E-state index is 0. The van der Waals surface area contributed by atoms with E-state index in [4.69, 9.17) is 5.73 Å². The molecule has 0 atom stereocenters. The summed E-state index contributed by atoms with van der Waals surface area (Å²) in [6.45, 7) is 6.01. The summed E-state index contributed by atoms with van der Waals surface area (Å²) in [5, 5.41) is 13.4. The van der Waals surface area contributed by atoms with Crippen molar-refractivity contribution in [1.82, 2.24) is 14.9 Å². The van der Waals surface area contributed by atoms with Crippen LogP contribution >= 0.6 is 12.4 Å². The number of rotatable bonds is 6. The molecule has 1 aromatic rings. The van der Waals surface area contributed by atoms with Crippen LogP contribution in [0.25, 0.3) is 0 Å². The number of hydrogen-bond donors (Lipinski definition) is 2. The molecule has 0 spiro atoms. The van der Waals surface area contributed by atoms with Gasteiger partial charge in [-0.05, 0) is 23.8 Å². The highest BCUT2D eigenvalue weighted by atomic mass is 35.5. The average Bonchev–Trinajstić information content (AvgIpc) is 2.68. The van der Waals surface area contributed by atoms with E-state index < -0.39 is 10.5 Å². The highest BCUT2D eigenvalue weighted by Gasteiger charge is 2.19. The van der Waals surface area contributed by atoms with Gasteiger partial charge >= 0.3 is 5.82 Å². The van der Waals surface area contributed by atoms with Crippen LogP contribution in [0.1, 0.15) is 26.1 Å². The fourth-order valence-electron chi connectivity index (χ4n) is 1.52. The monoisotopic (exact) mass is 305 g/mol. The summed E-state index contributed by atoms with van der Waals surface area (Å²) in [5.41, 5.74) is 5.07.